The summed E-state index contributed by atoms with van der Waals surface area (Å²) in [5, 5.41) is 4.08. The molecule has 1 saturated heterocycles. The summed E-state index contributed by atoms with van der Waals surface area (Å²) >= 11 is 6.36. The third-order valence-electron chi connectivity index (χ3n) is 3.91. The normalized spacial score (nSPS) is 18.4. The van der Waals surface area contributed by atoms with Crippen molar-refractivity contribution in [1.82, 2.24) is 5.32 Å². The minimum Gasteiger partial charge on any atom is -0.492 e. The van der Waals surface area contributed by atoms with Gasteiger partial charge < -0.3 is 10.1 Å². The molecule has 0 radical (unpaired) electrons. The number of piperidine rings is 1. The van der Waals surface area contributed by atoms with Crippen LogP contribution in [0, 0.1) is 5.92 Å². The number of ether oxygens (including phenoxy) is 1. The van der Waals surface area contributed by atoms with Crippen molar-refractivity contribution in [2.45, 2.75) is 12.8 Å². The Morgan fingerprint density at radius 2 is 1.95 bits per heavy atom. The summed E-state index contributed by atoms with van der Waals surface area (Å²) in [6.07, 6.45) is 2.46. The Kier molecular flexibility index (Phi) is 4.79. The summed E-state index contributed by atoms with van der Waals surface area (Å²) in [4.78, 5) is 0. The predicted octanol–water partition coefficient (Wildman–Crippen LogP) is 4.39. The SMILES string of the molecule is Clc1cc(-c2ccccc2)ccc1OCC1CCCNC1. The third kappa shape index (κ3) is 3.78. The Morgan fingerprint density at radius 1 is 1.10 bits per heavy atom. The molecule has 2 nitrogen and oxygen atoms in total. The van der Waals surface area contributed by atoms with Crippen LogP contribution in [0.4, 0.5) is 0 Å². The Bertz CT molecular complexity index is 579. The largest absolute Gasteiger partial charge is 0.492 e. The second-order valence-corrected chi connectivity index (χ2v) is 5.94. The lowest BCUT2D eigenvalue weighted by Crippen LogP contribution is -2.33. The molecule has 0 saturated carbocycles. The van der Waals surface area contributed by atoms with Crippen LogP contribution in [0.25, 0.3) is 11.1 Å². The van der Waals surface area contributed by atoms with Crippen LogP contribution in [0.1, 0.15) is 12.8 Å². The molecule has 21 heavy (non-hydrogen) atoms. The van der Waals surface area contributed by atoms with E-state index in [4.69, 9.17) is 16.3 Å². The number of hydrogen-bond acceptors (Lipinski definition) is 2. The fourth-order valence-corrected chi connectivity index (χ4v) is 2.94. The highest BCUT2D eigenvalue weighted by molar-refractivity contribution is 6.32. The lowest BCUT2D eigenvalue weighted by Gasteiger charge is -2.23. The smallest absolute Gasteiger partial charge is 0.137 e. The standard InChI is InChI=1S/C18H20ClNO/c19-17-11-16(15-6-2-1-3-7-15)8-9-18(17)21-13-14-5-4-10-20-12-14/h1-3,6-9,11,14,20H,4-5,10,12-13H2. The second kappa shape index (κ2) is 6.97. The molecule has 110 valence electrons. The van der Waals surface area contributed by atoms with Gasteiger partial charge in [-0.1, -0.05) is 48.0 Å². The van der Waals surface area contributed by atoms with Crippen molar-refractivity contribution >= 4 is 11.6 Å². The average Bonchev–Trinajstić information content (AvgIpc) is 2.55. The molecule has 1 fully saturated rings. The van der Waals surface area contributed by atoms with Crippen molar-refractivity contribution in [2.75, 3.05) is 19.7 Å². The molecule has 3 heteroatoms. The van der Waals surface area contributed by atoms with E-state index in [9.17, 15) is 0 Å². The van der Waals surface area contributed by atoms with Crippen LogP contribution in [-0.4, -0.2) is 19.7 Å². The molecule has 1 N–H and O–H groups in total. The van der Waals surface area contributed by atoms with Gasteiger partial charge in [-0.25, -0.2) is 0 Å². The van der Waals surface area contributed by atoms with Gasteiger partial charge in [0, 0.05) is 12.5 Å². The minimum atomic E-state index is 0.587. The van der Waals surface area contributed by atoms with Crippen LogP contribution < -0.4 is 10.1 Å². The molecule has 2 aromatic rings. The topological polar surface area (TPSA) is 21.3 Å². The molecular formula is C18H20ClNO. The lowest BCUT2D eigenvalue weighted by molar-refractivity contribution is 0.218. The van der Waals surface area contributed by atoms with Crippen LogP contribution >= 0.6 is 11.6 Å². The predicted molar refractivity (Wildman–Crippen MR) is 88.0 cm³/mol. The highest BCUT2D eigenvalue weighted by Crippen LogP contribution is 2.30. The van der Waals surface area contributed by atoms with Crippen LogP contribution in [0.2, 0.25) is 5.02 Å². The molecule has 1 atom stereocenters. The van der Waals surface area contributed by atoms with Crippen molar-refractivity contribution in [3.05, 3.63) is 53.6 Å². The first kappa shape index (κ1) is 14.4. The fourth-order valence-electron chi connectivity index (χ4n) is 2.70. The number of hydrogen-bond donors (Lipinski definition) is 1. The summed E-state index contributed by atoms with van der Waals surface area (Å²) in [6, 6.07) is 16.3. The van der Waals surface area contributed by atoms with E-state index in [0.29, 0.717) is 10.9 Å². The molecule has 0 aliphatic carbocycles. The number of benzene rings is 2. The van der Waals surface area contributed by atoms with E-state index >= 15 is 0 Å². The summed E-state index contributed by atoms with van der Waals surface area (Å²) in [5.74, 6) is 1.37. The Hall–Kier alpha value is -1.51. The van der Waals surface area contributed by atoms with Gasteiger partial charge in [-0.15, -0.1) is 0 Å². The van der Waals surface area contributed by atoms with Gasteiger partial charge in [-0.3, -0.25) is 0 Å². The van der Waals surface area contributed by atoms with Gasteiger partial charge in [0.15, 0.2) is 0 Å². The molecule has 2 aromatic carbocycles. The first-order chi connectivity index (χ1) is 10.3. The fraction of sp³-hybridized carbons (Fsp3) is 0.333. The van der Waals surface area contributed by atoms with Crippen molar-refractivity contribution in [3.8, 4) is 16.9 Å². The summed E-state index contributed by atoms with van der Waals surface area (Å²) in [6.45, 7) is 2.90. The van der Waals surface area contributed by atoms with E-state index in [1.54, 1.807) is 0 Å². The van der Waals surface area contributed by atoms with Gasteiger partial charge in [-0.05, 0) is 42.6 Å². The Balaban J connectivity index is 1.67. The molecular weight excluding hydrogens is 282 g/mol. The first-order valence-corrected chi connectivity index (χ1v) is 7.89. The second-order valence-electron chi connectivity index (χ2n) is 5.53. The Morgan fingerprint density at radius 3 is 2.67 bits per heavy atom. The van der Waals surface area contributed by atoms with Crippen molar-refractivity contribution in [1.29, 1.82) is 0 Å². The van der Waals surface area contributed by atoms with Crippen LogP contribution in [0.5, 0.6) is 5.75 Å². The zero-order valence-corrected chi connectivity index (χ0v) is 12.8. The zero-order chi connectivity index (χ0) is 14.5. The van der Waals surface area contributed by atoms with E-state index in [1.807, 2.05) is 30.3 Å². The van der Waals surface area contributed by atoms with Crippen molar-refractivity contribution < 1.29 is 4.74 Å². The monoisotopic (exact) mass is 301 g/mol. The van der Waals surface area contributed by atoms with Crippen LogP contribution in [0.3, 0.4) is 0 Å². The van der Waals surface area contributed by atoms with Crippen molar-refractivity contribution in [2.24, 2.45) is 5.92 Å². The van der Waals surface area contributed by atoms with Gasteiger partial charge in [-0.2, -0.15) is 0 Å². The zero-order valence-electron chi connectivity index (χ0n) is 12.0. The minimum absolute atomic E-state index is 0.587. The molecule has 0 spiro atoms. The van der Waals surface area contributed by atoms with E-state index in [2.05, 4.69) is 23.5 Å². The molecule has 0 aromatic heterocycles. The third-order valence-corrected chi connectivity index (χ3v) is 4.21. The molecule has 0 bridgehead atoms. The van der Waals surface area contributed by atoms with Gasteiger partial charge in [0.1, 0.15) is 5.75 Å². The molecule has 1 unspecified atom stereocenters. The Labute approximate surface area is 131 Å². The van der Waals surface area contributed by atoms with Gasteiger partial charge in [0.2, 0.25) is 0 Å². The maximum Gasteiger partial charge on any atom is 0.137 e. The summed E-state index contributed by atoms with van der Waals surface area (Å²) in [7, 11) is 0. The molecule has 0 amide bonds. The number of rotatable bonds is 4. The number of nitrogens with one attached hydrogen (secondary N) is 1. The highest BCUT2D eigenvalue weighted by atomic mass is 35.5. The highest BCUT2D eigenvalue weighted by Gasteiger charge is 2.14. The first-order valence-electron chi connectivity index (χ1n) is 7.51. The van der Waals surface area contributed by atoms with Gasteiger partial charge in [0.25, 0.3) is 0 Å². The summed E-state index contributed by atoms with van der Waals surface area (Å²) in [5.41, 5.74) is 2.29. The average molecular weight is 302 g/mol. The van der Waals surface area contributed by atoms with E-state index in [0.717, 1.165) is 31.0 Å². The van der Waals surface area contributed by atoms with E-state index in [1.165, 1.54) is 18.4 Å². The lowest BCUT2D eigenvalue weighted by atomic mass is 10.0. The van der Waals surface area contributed by atoms with E-state index < -0.39 is 0 Å². The molecule has 1 aliphatic rings. The molecule has 1 aliphatic heterocycles. The van der Waals surface area contributed by atoms with Gasteiger partial charge in [0.05, 0.1) is 11.6 Å². The maximum atomic E-state index is 6.36. The van der Waals surface area contributed by atoms with Gasteiger partial charge >= 0.3 is 0 Å². The molecule has 1 heterocycles. The molecule has 3 rings (SSSR count). The van der Waals surface area contributed by atoms with E-state index in [-0.39, 0.29) is 0 Å². The maximum absolute atomic E-state index is 6.36. The summed E-state index contributed by atoms with van der Waals surface area (Å²) < 4.78 is 5.90. The van der Waals surface area contributed by atoms with Crippen LogP contribution in [0.15, 0.2) is 48.5 Å². The van der Waals surface area contributed by atoms with Crippen LogP contribution in [-0.2, 0) is 0 Å². The quantitative estimate of drug-likeness (QED) is 0.904. The number of halogens is 1. The van der Waals surface area contributed by atoms with Crippen molar-refractivity contribution in [3.63, 3.8) is 0 Å².